The molecule has 1 aliphatic heterocycles. The number of nitrogens with two attached hydrogens (primary N) is 1. The molecule has 8 unspecified atom stereocenters. The van der Waals surface area contributed by atoms with E-state index in [-0.39, 0.29) is 12.6 Å². The molecule has 0 spiro atoms. The second kappa shape index (κ2) is 16.9. The number of hydrazine groups is 1. The molecule has 4 fully saturated rings. The molecule has 4 rings (SSSR count). The summed E-state index contributed by atoms with van der Waals surface area (Å²) in [5, 5.41) is 11.7. The third-order valence-electron chi connectivity index (χ3n) is 10.8. The molecule has 0 aromatic carbocycles. The van der Waals surface area contributed by atoms with Crippen molar-refractivity contribution in [1.29, 1.82) is 0 Å². The van der Waals surface area contributed by atoms with Gasteiger partial charge in [0, 0.05) is 24.3 Å². The van der Waals surface area contributed by atoms with Crippen molar-refractivity contribution in [3.05, 3.63) is 24.3 Å². The van der Waals surface area contributed by atoms with Gasteiger partial charge in [0.05, 0.1) is 6.04 Å². The predicted octanol–water partition coefficient (Wildman–Crippen LogP) is 5.16. The molecule has 3 saturated carbocycles. The minimum absolute atomic E-state index is 0.0385. The van der Waals surface area contributed by atoms with Crippen LogP contribution in [0.3, 0.4) is 0 Å². The van der Waals surface area contributed by atoms with E-state index in [2.05, 4.69) is 62.3 Å². The van der Waals surface area contributed by atoms with Crippen LogP contribution in [0, 0.1) is 34.5 Å². The summed E-state index contributed by atoms with van der Waals surface area (Å²) in [6.45, 7) is 14.7. The van der Waals surface area contributed by atoms with Gasteiger partial charge in [0.25, 0.3) is 0 Å². The maximum absolute atomic E-state index is 10.2. The lowest BCUT2D eigenvalue weighted by Gasteiger charge is -2.57. The Morgan fingerprint density at radius 2 is 1.93 bits per heavy atom. The Kier molecular flexibility index (Phi) is 14.7. The van der Waals surface area contributed by atoms with Crippen LogP contribution in [0.5, 0.6) is 0 Å². The largest absolute Gasteiger partial charge is 0.396 e. The van der Waals surface area contributed by atoms with Crippen LogP contribution in [-0.2, 0) is 4.79 Å². The summed E-state index contributed by atoms with van der Waals surface area (Å²) in [7, 11) is 3.41. The van der Waals surface area contributed by atoms with Gasteiger partial charge in [-0.1, -0.05) is 51.5 Å². The third kappa shape index (κ3) is 7.91. The molecule has 0 aromatic rings. The fraction of sp³-hybridized carbons (Fsp3) is 0.818. The first-order chi connectivity index (χ1) is 19.3. The summed E-state index contributed by atoms with van der Waals surface area (Å²) in [5.41, 5.74) is 14.5. The first-order valence-corrected chi connectivity index (χ1v) is 15.9. The normalized spacial score (nSPS) is 37.9. The lowest BCUT2D eigenvalue weighted by atomic mass is 9.47. The monoisotopic (exact) mass is 559 g/mol. The SMILES string of the molecule is C=C/C=C1/CCC2C(CCC3(C)C(/C(C)=N/CNNC)CCC23)C1(C)CCC.CN.O=CC1CCC(CCO)N1. The topological polar surface area (TPSA) is 112 Å². The molecule has 230 valence electrons. The summed E-state index contributed by atoms with van der Waals surface area (Å²) in [6, 6.07) is 0.400. The van der Waals surface area contributed by atoms with E-state index in [0.717, 1.165) is 43.3 Å². The van der Waals surface area contributed by atoms with Crippen molar-refractivity contribution in [3.8, 4) is 0 Å². The van der Waals surface area contributed by atoms with Crippen molar-refractivity contribution in [3.63, 3.8) is 0 Å². The van der Waals surface area contributed by atoms with E-state index < -0.39 is 0 Å². The number of aldehydes is 1. The molecule has 7 nitrogen and oxygen atoms in total. The Labute approximate surface area is 245 Å². The fourth-order valence-corrected chi connectivity index (χ4v) is 8.99. The molecule has 7 heteroatoms. The maximum atomic E-state index is 10.2. The van der Waals surface area contributed by atoms with Gasteiger partial charge >= 0.3 is 0 Å². The van der Waals surface area contributed by atoms with Gasteiger partial charge in [0.15, 0.2) is 0 Å². The number of hydrogen-bond acceptors (Lipinski definition) is 7. The third-order valence-corrected chi connectivity index (χ3v) is 10.8. The quantitative estimate of drug-likeness (QED) is 0.109. The van der Waals surface area contributed by atoms with Crippen molar-refractivity contribution in [2.45, 2.75) is 110 Å². The minimum Gasteiger partial charge on any atom is -0.396 e. The summed E-state index contributed by atoms with van der Waals surface area (Å²) in [4.78, 5) is 15.1. The fourth-order valence-electron chi connectivity index (χ4n) is 8.99. The number of rotatable bonds is 10. The van der Waals surface area contributed by atoms with E-state index in [0.29, 0.717) is 29.5 Å². The number of aliphatic imine (C=N–C) groups is 1. The van der Waals surface area contributed by atoms with Crippen LogP contribution in [-0.4, -0.2) is 56.6 Å². The number of allylic oxidation sites excluding steroid dienone is 3. The van der Waals surface area contributed by atoms with Crippen LogP contribution in [0.1, 0.15) is 98.3 Å². The Morgan fingerprint density at radius 3 is 2.52 bits per heavy atom. The molecule has 40 heavy (non-hydrogen) atoms. The number of carbonyl (C=O) groups is 1. The van der Waals surface area contributed by atoms with Gasteiger partial charge in [-0.3, -0.25) is 10.4 Å². The van der Waals surface area contributed by atoms with E-state index >= 15 is 0 Å². The van der Waals surface area contributed by atoms with Gasteiger partial charge in [0.1, 0.15) is 13.0 Å². The van der Waals surface area contributed by atoms with E-state index in [1.165, 1.54) is 64.1 Å². The average Bonchev–Trinajstić information content (AvgIpc) is 3.56. The van der Waals surface area contributed by atoms with Gasteiger partial charge in [-0.25, -0.2) is 5.43 Å². The molecule has 0 amide bonds. The molecule has 1 heterocycles. The van der Waals surface area contributed by atoms with Crippen molar-refractivity contribution in [2.24, 2.45) is 45.2 Å². The molecule has 1 saturated heterocycles. The Bertz CT molecular complexity index is 845. The highest BCUT2D eigenvalue weighted by molar-refractivity contribution is 5.85. The molecule has 4 aliphatic rings. The maximum Gasteiger partial charge on any atom is 0.136 e. The standard InChI is InChI=1S/C25H43N3.C7H13NO2.CH5N/c1-7-9-19-10-11-20-22-13-12-21(18(3)27-17-28-26-6)25(22,5)16-14-23(20)24(19,4)15-8-2;9-4-3-6-1-2-7(5-10)8-6;1-2/h7,9,20-23,26,28H,1,8,10-17H2,2-6H3;5-9H,1-4H2;2H2,1H3/b19-9-,27-18+;;. The highest BCUT2D eigenvalue weighted by atomic mass is 16.3. The Hall–Kier alpha value is -1.38. The zero-order chi connectivity index (χ0) is 29.8. The number of hydrogen-bond donors (Lipinski definition) is 5. The molecule has 8 atom stereocenters. The number of carbonyl (C=O) groups excluding carboxylic acids is 1. The molecule has 3 aliphatic carbocycles. The van der Waals surface area contributed by atoms with Crippen molar-refractivity contribution in [1.82, 2.24) is 16.2 Å². The lowest BCUT2D eigenvalue weighted by Crippen LogP contribution is -2.50. The summed E-state index contributed by atoms with van der Waals surface area (Å²) < 4.78 is 0. The number of aliphatic hydroxyl groups excluding tert-OH is 1. The highest BCUT2D eigenvalue weighted by Crippen LogP contribution is 2.66. The van der Waals surface area contributed by atoms with Crippen LogP contribution in [0.2, 0.25) is 0 Å². The first-order valence-electron chi connectivity index (χ1n) is 15.9. The van der Waals surface area contributed by atoms with Gasteiger partial charge in [-0.2, -0.15) is 0 Å². The molecule has 6 N–H and O–H groups in total. The number of nitrogens with zero attached hydrogens (tertiary/aromatic N) is 1. The van der Waals surface area contributed by atoms with Crippen molar-refractivity contribution >= 4 is 12.0 Å². The predicted molar refractivity (Wildman–Crippen MR) is 169 cm³/mol. The number of fused-ring (bicyclic) bond motifs is 3. The lowest BCUT2D eigenvalue weighted by molar-refractivity contribution is -0.109. The summed E-state index contributed by atoms with van der Waals surface area (Å²) >= 11 is 0. The molecule has 0 bridgehead atoms. The van der Waals surface area contributed by atoms with E-state index in [9.17, 15) is 4.79 Å². The van der Waals surface area contributed by atoms with Crippen LogP contribution in [0.15, 0.2) is 29.3 Å². The van der Waals surface area contributed by atoms with E-state index in [1.54, 1.807) is 5.57 Å². The van der Waals surface area contributed by atoms with Crippen LogP contribution >= 0.6 is 0 Å². The van der Waals surface area contributed by atoms with Gasteiger partial charge in [-0.05, 0) is 114 Å². The van der Waals surface area contributed by atoms with Gasteiger partial charge in [-0.15, -0.1) is 0 Å². The van der Waals surface area contributed by atoms with Crippen LogP contribution in [0.4, 0.5) is 0 Å². The van der Waals surface area contributed by atoms with Crippen LogP contribution in [0.25, 0.3) is 0 Å². The summed E-state index contributed by atoms with van der Waals surface area (Å²) in [5.74, 6) is 3.29. The van der Waals surface area contributed by atoms with E-state index in [1.807, 2.05) is 13.1 Å². The highest BCUT2D eigenvalue weighted by Gasteiger charge is 2.58. The molecular formula is C33H61N5O2. The van der Waals surface area contributed by atoms with Crippen LogP contribution < -0.4 is 21.9 Å². The Balaban J connectivity index is 0.000000391. The van der Waals surface area contributed by atoms with Crippen molar-refractivity contribution in [2.75, 3.05) is 27.4 Å². The second-order valence-electron chi connectivity index (χ2n) is 12.8. The average molecular weight is 560 g/mol. The number of aliphatic hydroxyl groups is 1. The second-order valence-corrected chi connectivity index (χ2v) is 12.8. The smallest absolute Gasteiger partial charge is 0.136 e. The summed E-state index contributed by atoms with van der Waals surface area (Å²) in [6.07, 6.45) is 18.8. The number of nitrogens with one attached hydrogen (secondary N) is 3. The molecular weight excluding hydrogens is 498 g/mol. The van der Waals surface area contributed by atoms with Gasteiger partial charge < -0.3 is 21.0 Å². The first kappa shape index (κ1) is 34.8. The zero-order valence-electron chi connectivity index (χ0n) is 26.5. The molecule has 0 aromatic heterocycles. The van der Waals surface area contributed by atoms with Gasteiger partial charge in [0.2, 0.25) is 0 Å². The molecule has 0 radical (unpaired) electrons. The minimum atomic E-state index is 0.0385. The van der Waals surface area contributed by atoms with Crippen molar-refractivity contribution < 1.29 is 9.90 Å². The Morgan fingerprint density at radius 1 is 1.18 bits per heavy atom. The zero-order valence-corrected chi connectivity index (χ0v) is 26.5. The van der Waals surface area contributed by atoms with E-state index in [4.69, 9.17) is 10.1 Å².